The molecule has 0 saturated carbocycles. The van der Waals surface area contributed by atoms with E-state index in [0.717, 1.165) is 109 Å². The van der Waals surface area contributed by atoms with Gasteiger partial charge < -0.3 is 24.2 Å². The highest BCUT2D eigenvalue weighted by Gasteiger charge is 2.28. The summed E-state index contributed by atoms with van der Waals surface area (Å²) < 4.78 is 39.6. The predicted molar refractivity (Wildman–Crippen MR) is 316 cm³/mol. The first kappa shape index (κ1) is 73.4. The number of carbonyl (C=O) groups excluding carboxylic acids is 3. The Balaban J connectivity index is 4.68. The number of ether oxygens (including phenoxy) is 3. The zero-order valence-corrected chi connectivity index (χ0v) is 50.1. The molecule has 0 bridgehead atoms. The van der Waals surface area contributed by atoms with Gasteiger partial charge in [-0.05, 0) is 77.0 Å². The van der Waals surface area contributed by atoms with Crippen molar-refractivity contribution >= 4 is 25.7 Å². The molecule has 0 aliphatic rings. The quantitative estimate of drug-likeness (QED) is 0.0197. The van der Waals surface area contributed by atoms with E-state index in [1.165, 1.54) is 135 Å². The summed E-state index contributed by atoms with van der Waals surface area (Å²) in [6.07, 6.45) is 63.5. The van der Waals surface area contributed by atoms with Gasteiger partial charge in [0, 0.05) is 19.3 Å². The minimum absolute atomic E-state index is 0.150. The van der Waals surface area contributed by atoms with Crippen molar-refractivity contribution in [2.75, 3.05) is 26.4 Å². The molecule has 444 valence electrons. The van der Waals surface area contributed by atoms with E-state index >= 15 is 0 Å². The van der Waals surface area contributed by atoms with Crippen molar-refractivity contribution < 1.29 is 52.2 Å². The van der Waals surface area contributed by atoms with Crippen LogP contribution in [0.3, 0.4) is 0 Å². The second-order valence-corrected chi connectivity index (χ2v) is 22.7. The Morgan fingerprint density at radius 3 is 1.07 bits per heavy atom. The van der Waals surface area contributed by atoms with Gasteiger partial charge in [-0.3, -0.25) is 23.4 Å². The van der Waals surface area contributed by atoms with Crippen LogP contribution in [0.15, 0.2) is 48.6 Å². The molecule has 0 rings (SSSR count). The second kappa shape index (κ2) is 58.6. The molecule has 0 radical (unpaired) electrons. The van der Waals surface area contributed by atoms with E-state index in [4.69, 9.17) is 23.3 Å². The summed E-state index contributed by atoms with van der Waals surface area (Å²) in [5.74, 6) is -1.47. The van der Waals surface area contributed by atoms with Crippen LogP contribution in [0.5, 0.6) is 0 Å². The first-order valence-corrected chi connectivity index (χ1v) is 33.0. The fourth-order valence-corrected chi connectivity index (χ4v) is 9.74. The molecule has 0 heterocycles. The molecule has 0 spiro atoms. The van der Waals surface area contributed by atoms with E-state index in [1.807, 2.05) is 0 Å². The molecule has 76 heavy (non-hydrogen) atoms. The average molecular weight is 1090 g/mol. The number of aliphatic hydroxyl groups is 1. The zero-order chi connectivity index (χ0) is 55.5. The Bertz CT molecular complexity index is 1460. The minimum Gasteiger partial charge on any atom is -0.462 e. The first-order valence-electron chi connectivity index (χ1n) is 31.5. The Morgan fingerprint density at radius 1 is 0.382 bits per heavy atom. The molecular formula is C64H117O11P. The third kappa shape index (κ3) is 56.2. The van der Waals surface area contributed by atoms with Crippen LogP contribution in [0.25, 0.3) is 0 Å². The van der Waals surface area contributed by atoms with Crippen molar-refractivity contribution in [2.45, 2.75) is 315 Å². The number of aliphatic hydroxyl groups excluding tert-OH is 1. The lowest BCUT2D eigenvalue weighted by atomic mass is 10.0. The van der Waals surface area contributed by atoms with Gasteiger partial charge in [-0.2, -0.15) is 0 Å². The van der Waals surface area contributed by atoms with Gasteiger partial charge in [-0.15, -0.1) is 0 Å². The standard InChI is InChI=1S/C64H117O11P/c1-4-7-10-13-16-19-22-25-28-29-30-31-34-35-38-41-44-47-50-53-62(66)71-57-61(75-64(68)55-52-49-46-43-40-37-33-27-24-21-18-15-12-9-6-3)59-73-76(69,70)72-58-60(56-65)74-63(67)54-51-48-45-42-39-36-32-26-23-20-17-14-11-8-5-2/h9,12,18,21,26-27,32-33,60-61,65H,4-8,10-11,13-17,19-20,22-25,28-31,34-59H2,1-3H3,(H,69,70)/b12-9-,21-18-,32-26-,33-27-. The predicted octanol–water partition coefficient (Wildman–Crippen LogP) is 18.9. The molecule has 0 aliphatic heterocycles. The lowest BCUT2D eigenvalue weighted by Crippen LogP contribution is -2.30. The summed E-state index contributed by atoms with van der Waals surface area (Å²) in [7, 11) is -4.75. The largest absolute Gasteiger partial charge is 0.472 e. The van der Waals surface area contributed by atoms with Gasteiger partial charge in [0.05, 0.1) is 19.8 Å². The van der Waals surface area contributed by atoms with Gasteiger partial charge in [0.1, 0.15) is 12.7 Å². The van der Waals surface area contributed by atoms with Gasteiger partial charge in [0.15, 0.2) is 6.10 Å². The SMILES string of the molecule is CC/C=C\C/C=C\C/C=C\CCCCCCCC(=O)OC(COC(=O)CCCCCCCCCCCCCCCCCCCCC)COP(=O)(O)OCC(CO)OC(=O)CCCCCCC/C=C\CCCCCCCC. The van der Waals surface area contributed by atoms with Crippen molar-refractivity contribution in [3.05, 3.63) is 48.6 Å². The van der Waals surface area contributed by atoms with Gasteiger partial charge in [0.25, 0.3) is 0 Å². The summed E-state index contributed by atoms with van der Waals surface area (Å²) in [6, 6.07) is 0. The number of hydrogen-bond acceptors (Lipinski definition) is 10. The maximum absolute atomic E-state index is 12.9. The molecule has 2 N–H and O–H groups in total. The topological polar surface area (TPSA) is 155 Å². The lowest BCUT2D eigenvalue weighted by molar-refractivity contribution is -0.161. The molecule has 3 atom stereocenters. The third-order valence-corrected chi connectivity index (χ3v) is 14.7. The Labute approximate surface area is 466 Å². The van der Waals surface area contributed by atoms with E-state index in [0.29, 0.717) is 19.3 Å². The molecule has 11 nitrogen and oxygen atoms in total. The summed E-state index contributed by atoms with van der Waals surface area (Å²) in [4.78, 5) is 48.7. The summed E-state index contributed by atoms with van der Waals surface area (Å²) in [6.45, 7) is 4.56. The van der Waals surface area contributed by atoms with Gasteiger partial charge in [-0.1, -0.05) is 256 Å². The molecule has 0 amide bonds. The Hall–Kier alpha value is -2.56. The number of unbranched alkanes of at least 4 members (excludes halogenated alkanes) is 34. The smallest absolute Gasteiger partial charge is 0.462 e. The minimum atomic E-state index is -4.75. The lowest BCUT2D eigenvalue weighted by Gasteiger charge is -2.21. The molecule has 3 unspecified atom stereocenters. The van der Waals surface area contributed by atoms with Crippen molar-refractivity contribution in [3.63, 3.8) is 0 Å². The molecular weight excluding hydrogens is 976 g/mol. The van der Waals surface area contributed by atoms with E-state index < -0.39 is 57.8 Å². The highest BCUT2D eigenvalue weighted by molar-refractivity contribution is 7.47. The van der Waals surface area contributed by atoms with Crippen molar-refractivity contribution in [3.8, 4) is 0 Å². The van der Waals surface area contributed by atoms with Crippen LogP contribution in [-0.4, -0.2) is 66.5 Å². The van der Waals surface area contributed by atoms with E-state index in [1.54, 1.807) is 0 Å². The normalized spacial score (nSPS) is 13.6. The van der Waals surface area contributed by atoms with E-state index in [-0.39, 0.29) is 25.9 Å². The summed E-state index contributed by atoms with van der Waals surface area (Å²) in [5, 5.41) is 9.83. The molecule has 0 saturated heterocycles. The van der Waals surface area contributed by atoms with Crippen LogP contribution in [0.1, 0.15) is 303 Å². The van der Waals surface area contributed by atoms with Crippen LogP contribution in [0, 0.1) is 0 Å². The molecule has 12 heteroatoms. The van der Waals surface area contributed by atoms with Crippen LogP contribution in [0.2, 0.25) is 0 Å². The van der Waals surface area contributed by atoms with Gasteiger partial charge >= 0.3 is 25.7 Å². The summed E-state index contributed by atoms with van der Waals surface area (Å²) in [5.41, 5.74) is 0. The Morgan fingerprint density at radius 2 is 0.684 bits per heavy atom. The number of rotatable bonds is 59. The van der Waals surface area contributed by atoms with Gasteiger partial charge in [0.2, 0.25) is 0 Å². The summed E-state index contributed by atoms with van der Waals surface area (Å²) >= 11 is 0. The number of phosphoric ester groups is 1. The molecule has 0 aliphatic carbocycles. The number of hydrogen-bond donors (Lipinski definition) is 2. The fraction of sp³-hybridized carbons (Fsp3) is 0.828. The third-order valence-electron chi connectivity index (χ3n) is 13.7. The monoisotopic (exact) mass is 1090 g/mol. The van der Waals surface area contributed by atoms with Crippen molar-refractivity contribution in [2.24, 2.45) is 0 Å². The van der Waals surface area contributed by atoms with Crippen molar-refractivity contribution in [1.82, 2.24) is 0 Å². The molecule has 0 aromatic rings. The fourth-order valence-electron chi connectivity index (χ4n) is 8.96. The van der Waals surface area contributed by atoms with Gasteiger partial charge in [-0.25, -0.2) is 4.57 Å². The van der Waals surface area contributed by atoms with Crippen LogP contribution < -0.4 is 0 Å². The van der Waals surface area contributed by atoms with E-state index in [9.17, 15) is 28.9 Å². The highest BCUT2D eigenvalue weighted by atomic mass is 31.2. The molecule has 0 aromatic heterocycles. The number of carbonyl (C=O) groups is 3. The maximum Gasteiger partial charge on any atom is 0.472 e. The molecule has 0 aromatic carbocycles. The highest BCUT2D eigenvalue weighted by Crippen LogP contribution is 2.43. The number of phosphoric acid groups is 1. The second-order valence-electron chi connectivity index (χ2n) is 21.2. The van der Waals surface area contributed by atoms with Crippen LogP contribution in [0.4, 0.5) is 0 Å². The first-order chi connectivity index (χ1) is 37.2. The number of esters is 3. The van der Waals surface area contributed by atoms with E-state index in [2.05, 4.69) is 69.4 Å². The zero-order valence-electron chi connectivity index (χ0n) is 49.2. The average Bonchev–Trinajstić information content (AvgIpc) is 3.41. The molecule has 0 fully saturated rings. The van der Waals surface area contributed by atoms with Crippen molar-refractivity contribution in [1.29, 1.82) is 0 Å². The number of allylic oxidation sites excluding steroid dienone is 8. The Kier molecular flexibility index (Phi) is 56.6. The maximum atomic E-state index is 12.9. The van der Waals surface area contributed by atoms with Crippen LogP contribution >= 0.6 is 7.82 Å². The van der Waals surface area contributed by atoms with Crippen LogP contribution in [-0.2, 0) is 42.2 Å².